The van der Waals surface area contributed by atoms with Crippen LogP contribution in [0.1, 0.15) is 44.5 Å². The maximum Gasteiger partial charge on any atom is 0.251 e. The van der Waals surface area contributed by atoms with Crippen LogP contribution in [0.3, 0.4) is 0 Å². The van der Waals surface area contributed by atoms with Gasteiger partial charge in [-0.15, -0.1) is 0 Å². The Labute approximate surface area is 138 Å². The molecule has 0 aromatic heterocycles. The maximum absolute atomic E-state index is 11.9. The van der Waals surface area contributed by atoms with E-state index in [-0.39, 0.29) is 17.2 Å². The molecule has 0 spiro atoms. The molecule has 0 fully saturated rings. The fourth-order valence-corrected chi connectivity index (χ4v) is 1.88. The number of guanidine groups is 1. The molecular weight excluding hydrogens is 292 g/mol. The summed E-state index contributed by atoms with van der Waals surface area (Å²) in [6, 6.07) is 6.30. The minimum atomic E-state index is -0.190. The summed E-state index contributed by atoms with van der Waals surface area (Å²) >= 11 is 0. The quantitative estimate of drug-likeness (QED) is 0.366. The summed E-state index contributed by atoms with van der Waals surface area (Å²) in [5.74, 6) is 0.676. The summed E-state index contributed by atoms with van der Waals surface area (Å²) < 4.78 is 0. The van der Waals surface area contributed by atoms with Crippen LogP contribution in [0.4, 0.5) is 0 Å². The normalized spacial score (nSPS) is 11.9. The molecule has 6 heteroatoms. The van der Waals surface area contributed by atoms with Crippen LogP contribution in [0.15, 0.2) is 29.3 Å². The molecule has 0 bridgehead atoms. The van der Waals surface area contributed by atoms with Crippen LogP contribution in [0.25, 0.3) is 0 Å². The average Bonchev–Trinajstić information content (AvgIpc) is 2.45. The summed E-state index contributed by atoms with van der Waals surface area (Å²) in [6.45, 7) is 10.2. The molecular formula is C17H28N4O2. The van der Waals surface area contributed by atoms with Gasteiger partial charge in [0, 0.05) is 30.7 Å². The third-order valence-electron chi connectivity index (χ3n) is 2.84. The van der Waals surface area contributed by atoms with Gasteiger partial charge in [-0.1, -0.05) is 6.07 Å². The number of hydrogen-bond acceptors (Lipinski definition) is 3. The van der Waals surface area contributed by atoms with Crippen molar-refractivity contribution < 1.29 is 9.90 Å². The molecule has 0 aliphatic heterocycles. The fourth-order valence-electron chi connectivity index (χ4n) is 1.88. The monoisotopic (exact) mass is 320 g/mol. The van der Waals surface area contributed by atoms with E-state index in [9.17, 15) is 9.90 Å². The van der Waals surface area contributed by atoms with Crippen LogP contribution in [-0.2, 0) is 0 Å². The zero-order chi connectivity index (χ0) is 17.3. The van der Waals surface area contributed by atoms with E-state index in [0.717, 1.165) is 18.9 Å². The third-order valence-corrected chi connectivity index (χ3v) is 2.84. The van der Waals surface area contributed by atoms with Gasteiger partial charge in [0.15, 0.2) is 5.96 Å². The first-order valence-electron chi connectivity index (χ1n) is 7.95. The molecule has 0 heterocycles. The largest absolute Gasteiger partial charge is 0.508 e. The van der Waals surface area contributed by atoms with Crippen LogP contribution >= 0.6 is 0 Å². The SMILES string of the molecule is CCNC(=NCCCNC(=O)c1cccc(O)c1)NC(C)(C)C. The van der Waals surface area contributed by atoms with Crippen molar-refractivity contribution in [2.24, 2.45) is 4.99 Å². The zero-order valence-corrected chi connectivity index (χ0v) is 14.4. The highest BCUT2D eigenvalue weighted by atomic mass is 16.3. The second-order valence-corrected chi connectivity index (χ2v) is 6.30. The summed E-state index contributed by atoms with van der Waals surface area (Å²) in [5.41, 5.74) is 0.404. The maximum atomic E-state index is 11.9. The summed E-state index contributed by atoms with van der Waals surface area (Å²) in [4.78, 5) is 16.4. The fraction of sp³-hybridized carbons (Fsp3) is 0.529. The van der Waals surface area contributed by atoms with Gasteiger partial charge in [0.1, 0.15) is 5.75 Å². The summed E-state index contributed by atoms with van der Waals surface area (Å²) in [6.07, 6.45) is 0.741. The summed E-state index contributed by atoms with van der Waals surface area (Å²) in [5, 5.41) is 18.7. The minimum Gasteiger partial charge on any atom is -0.508 e. The third kappa shape index (κ3) is 8.09. The number of nitrogens with one attached hydrogen (secondary N) is 3. The van der Waals surface area contributed by atoms with Gasteiger partial charge in [0.05, 0.1) is 0 Å². The van der Waals surface area contributed by atoms with Gasteiger partial charge in [0.25, 0.3) is 5.91 Å². The van der Waals surface area contributed by atoms with Crippen molar-refractivity contribution in [2.75, 3.05) is 19.6 Å². The first-order chi connectivity index (χ1) is 10.8. The smallest absolute Gasteiger partial charge is 0.251 e. The van der Waals surface area contributed by atoms with Gasteiger partial charge >= 0.3 is 0 Å². The van der Waals surface area contributed by atoms with E-state index in [4.69, 9.17) is 0 Å². The molecule has 4 N–H and O–H groups in total. The van der Waals surface area contributed by atoms with Crippen molar-refractivity contribution >= 4 is 11.9 Å². The Hall–Kier alpha value is -2.24. The Morgan fingerprint density at radius 2 is 2.00 bits per heavy atom. The van der Waals surface area contributed by atoms with E-state index < -0.39 is 0 Å². The van der Waals surface area contributed by atoms with E-state index in [0.29, 0.717) is 18.7 Å². The van der Waals surface area contributed by atoms with Gasteiger partial charge in [-0.25, -0.2) is 0 Å². The van der Waals surface area contributed by atoms with E-state index >= 15 is 0 Å². The average molecular weight is 320 g/mol. The number of hydrogen-bond donors (Lipinski definition) is 4. The van der Waals surface area contributed by atoms with Crippen LogP contribution in [0.5, 0.6) is 5.75 Å². The minimum absolute atomic E-state index is 0.0511. The molecule has 6 nitrogen and oxygen atoms in total. The Bertz CT molecular complexity index is 536. The van der Waals surface area contributed by atoms with Crippen molar-refractivity contribution in [1.29, 1.82) is 0 Å². The van der Waals surface area contributed by atoms with Gasteiger partial charge < -0.3 is 21.1 Å². The van der Waals surface area contributed by atoms with Crippen molar-refractivity contribution in [1.82, 2.24) is 16.0 Å². The molecule has 1 aromatic carbocycles. The molecule has 0 radical (unpaired) electrons. The van der Waals surface area contributed by atoms with E-state index in [1.807, 2.05) is 6.92 Å². The van der Waals surface area contributed by atoms with Crippen LogP contribution in [-0.4, -0.2) is 42.1 Å². The molecule has 0 atom stereocenters. The number of carbonyl (C=O) groups is 1. The zero-order valence-electron chi connectivity index (χ0n) is 14.4. The van der Waals surface area contributed by atoms with E-state index in [1.54, 1.807) is 12.1 Å². The van der Waals surface area contributed by atoms with Gasteiger partial charge in [-0.2, -0.15) is 0 Å². The van der Waals surface area contributed by atoms with Gasteiger partial charge in [0.2, 0.25) is 0 Å². The van der Waals surface area contributed by atoms with Crippen LogP contribution in [0.2, 0.25) is 0 Å². The topological polar surface area (TPSA) is 85.8 Å². The summed E-state index contributed by atoms with van der Waals surface area (Å²) in [7, 11) is 0. The lowest BCUT2D eigenvalue weighted by Gasteiger charge is -2.23. The molecule has 128 valence electrons. The molecule has 23 heavy (non-hydrogen) atoms. The van der Waals surface area contributed by atoms with E-state index in [1.165, 1.54) is 12.1 Å². The highest BCUT2D eigenvalue weighted by Gasteiger charge is 2.11. The Morgan fingerprint density at radius 1 is 1.26 bits per heavy atom. The Kier molecular flexibility index (Phi) is 7.38. The molecule has 1 aromatic rings. The molecule has 0 saturated heterocycles. The second-order valence-electron chi connectivity index (χ2n) is 6.30. The number of carbonyl (C=O) groups excluding carboxylic acids is 1. The number of aliphatic imine (C=N–C) groups is 1. The molecule has 0 saturated carbocycles. The standard InChI is InChI=1S/C17H28N4O2/c1-5-18-16(21-17(2,3)4)20-11-7-10-19-15(23)13-8-6-9-14(22)12-13/h6,8-9,12,22H,5,7,10-11H2,1-4H3,(H,19,23)(H2,18,20,21). The lowest BCUT2D eigenvalue weighted by Crippen LogP contribution is -2.47. The molecule has 1 rings (SSSR count). The molecule has 0 aliphatic carbocycles. The number of amides is 1. The molecule has 0 unspecified atom stereocenters. The van der Waals surface area contributed by atoms with Crippen molar-refractivity contribution in [2.45, 2.75) is 39.7 Å². The lowest BCUT2D eigenvalue weighted by molar-refractivity contribution is 0.0953. The lowest BCUT2D eigenvalue weighted by atomic mass is 10.1. The Balaban J connectivity index is 2.37. The van der Waals surface area contributed by atoms with Gasteiger partial charge in [-0.05, 0) is 52.3 Å². The van der Waals surface area contributed by atoms with Crippen LogP contribution in [0, 0.1) is 0 Å². The Morgan fingerprint density at radius 3 is 2.61 bits per heavy atom. The second kappa shape index (κ2) is 9.02. The number of nitrogens with zero attached hydrogens (tertiary/aromatic N) is 1. The van der Waals surface area contributed by atoms with Gasteiger partial charge in [-0.3, -0.25) is 9.79 Å². The van der Waals surface area contributed by atoms with Crippen molar-refractivity contribution in [3.05, 3.63) is 29.8 Å². The number of phenolic OH excluding ortho intramolecular Hbond substituents is 1. The molecule has 0 aliphatic rings. The number of aromatic hydroxyl groups is 1. The predicted molar refractivity (Wildman–Crippen MR) is 93.9 cm³/mol. The highest BCUT2D eigenvalue weighted by Crippen LogP contribution is 2.10. The number of rotatable bonds is 6. The van der Waals surface area contributed by atoms with Crippen LogP contribution < -0.4 is 16.0 Å². The number of phenols is 1. The molecule has 1 amide bonds. The first-order valence-corrected chi connectivity index (χ1v) is 7.95. The van der Waals surface area contributed by atoms with Crippen molar-refractivity contribution in [3.8, 4) is 5.75 Å². The number of benzene rings is 1. The van der Waals surface area contributed by atoms with E-state index in [2.05, 4.69) is 41.7 Å². The first kappa shape index (κ1) is 18.8. The highest BCUT2D eigenvalue weighted by molar-refractivity contribution is 5.94. The van der Waals surface area contributed by atoms with Crippen molar-refractivity contribution in [3.63, 3.8) is 0 Å². The predicted octanol–water partition coefficient (Wildman–Crippen LogP) is 1.87.